The van der Waals surface area contributed by atoms with Crippen LogP contribution < -0.4 is 14.1 Å². The highest BCUT2D eigenvalue weighted by atomic mass is 35.5. The molecule has 0 radical (unpaired) electrons. The van der Waals surface area contributed by atoms with Gasteiger partial charge < -0.3 is 9.47 Å². The maximum absolute atomic E-state index is 12.6. The number of amides is 1. The number of hydrogen-bond acceptors (Lipinski definition) is 5. The summed E-state index contributed by atoms with van der Waals surface area (Å²) in [4.78, 5) is 16.8. The normalized spacial score (nSPS) is 11.9. The molecule has 1 heterocycles. The summed E-state index contributed by atoms with van der Waals surface area (Å²) in [5, 5.41) is 9.15. The molecule has 0 atom stereocenters. The van der Waals surface area contributed by atoms with Crippen molar-refractivity contribution < 1.29 is 14.3 Å². The fraction of sp³-hybridized carbons (Fsp3) is 0.353. The Hall–Kier alpha value is -2.30. The van der Waals surface area contributed by atoms with Gasteiger partial charge in [0.1, 0.15) is 11.8 Å². The SMILES string of the molecule is COc1ccc(Cl)cc1C(=O)N=c1sn(C(C)(C)C)cc1OCC#N. The maximum atomic E-state index is 12.6. The summed E-state index contributed by atoms with van der Waals surface area (Å²) in [6.45, 7) is 5.92. The lowest BCUT2D eigenvalue weighted by Crippen LogP contribution is -2.18. The fourth-order valence-corrected chi connectivity index (χ4v) is 3.05. The minimum atomic E-state index is -0.496. The number of nitrogens with zero attached hydrogens (tertiary/aromatic N) is 3. The Morgan fingerprint density at radius 2 is 2.12 bits per heavy atom. The summed E-state index contributed by atoms with van der Waals surface area (Å²) in [5.41, 5.74) is 0.0527. The predicted molar refractivity (Wildman–Crippen MR) is 96.3 cm³/mol. The average molecular weight is 380 g/mol. The number of methoxy groups -OCH3 is 1. The minimum absolute atomic E-state index is 0.127. The molecule has 132 valence electrons. The first kappa shape index (κ1) is 19.0. The quantitative estimate of drug-likeness (QED) is 0.813. The number of carbonyl (C=O) groups is 1. The van der Waals surface area contributed by atoms with Crippen LogP contribution in [0.2, 0.25) is 5.02 Å². The Morgan fingerprint density at radius 1 is 1.40 bits per heavy atom. The molecule has 1 aromatic carbocycles. The van der Waals surface area contributed by atoms with Gasteiger partial charge >= 0.3 is 0 Å². The highest BCUT2D eigenvalue weighted by Crippen LogP contribution is 2.24. The molecular weight excluding hydrogens is 362 g/mol. The second-order valence-corrected chi connectivity index (χ2v) is 7.49. The van der Waals surface area contributed by atoms with Crippen LogP contribution in [0.25, 0.3) is 0 Å². The molecule has 0 aliphatic heterocycles. The van der Waals surface area contributed by atoms with Crippen molar-refractivity contribution >= 4 is 29.0 Å². The average Bonchev–Trinajstić information content (AvgIpc) is 2.95. The highest BCUT2D eigenvalue weighted by Gasteiger charge is 2.18. The number of aromatic nitrogens is 1. The molecule has 6 nitrogen and oxygen atoms in total. The zero-order chi connectivity index (χ0) is 18.6. The highest BCUT2D eigenvalue weighted by molar-refractivity contribution is 7.04. The first-order chi connectivity index (χ1) is 11.8. The van der Waals surface area contributed by atoms with Crippen LogP contribution in [-0.2, 0) is 5.54 Å². The van der Waals surface area contributed by atoms with Crippen molar-refractivity contribution in [2.75, 3.05) is 13.7 Å². The third kappa shape index (κ3) is 4.62. The minimum Gasteiger partial charge on any atom is -0.496 e. The van der Waals surface area contributed by atoms with Gasteiger partial charge in [-0.3, -0.25) is 8.75 Å². The lowest BCUT2D eigenvalue weighted by Gasteiger charge is -2.18. The third-order valence-corrected chi connectivity index (χ3v) is 4.73. The molecule has 0 aliphatic rings. The monoisotopic (exact) mass is 379 g/mol. The standard InChI is InChI=1S/C17H18ClN3O3S/c1-17(2,3)21-10-14(24-8-7-19)16(25-21)20-15(22)12-9-11(18)5-6-13(12)23-4/h5-6,9-10H,8H2,1-4H3. The van der Waals surface area contributed by atoms with E-state index in [0.717, 1.165) is 0 Å². The zero-order valence-electron chi connectivity index (χ0n) is 14.4. The van der Waals surface area contributed by atoms with Crippen molar-refractivity contribution in [3.05, 3.63) is 39.7 Å². The van der Waals surface area contributed by atoms with Crippen molar-refractivity contribution in [1.82, 2.24) is 3.96 Å². The van der Waals surface area contributed by atoms with Gasteiger partial charge in [0.2, 0.25) is 0 Å². The smallest absolute Gasteiger partial charge is 0.282 e. The molecule has 0 fully saturated rings. The van der Waals surface area contributed by atoms with Gasteiger partial charge in [0, 0.05) is 10.6 Å². The molecule has 2 aromatic rings. The van der Waals surface area contributed by atoms with Crippen LogP contribution in [0.5, 0.6) is 11.5 Å². The summed E-state index contributed by atoms with van der Waals surface area (Å²) in [5.74, 6) is 0.276. The van der Waals surface area contributed by atoms with Crippen molar-refractivity contribution in [1.29, 1.82) is 5.26 Å². The summed E-state index contributed by atoms with van der Waals surface area (Å²) in [7, 11) is 1.47. The van der Waals surface area contributed by atoms with E-state index in [1.807, 2.05) is 30.8 Å². The number of hydrogen-bond donors (Lipinski definition) is 0. The van der Waals surface area contributed by atoms with Crippen LogP contribution in [0, 0.1) is 11.3 Å². The van der Waals surface area contributed by atoms with E-state index in [4.69, 9.17) is 26.3 Å². The molecule has 0 aliphatic carbocycles. The molecule has 0 spiro atoms. The molecule has 2 rings (SSSR count). The van der Waals surface area contributed by atoms with E-state index in [1.165, 1.54) is 24.7 Å². The Kier molecular flexibility index (Phi) is 5.88. The number of nitriles is 1. The van der Waals surface area contributed by atoms with E-state index >= 15 is 0 Å². The molecule has 0 N–H and O–H groups in total. The topological polar surface area (TPSA) is 76.6 Å². The van der Waals surface area contributed by atoms with Crippen LogP contribution in [0.4, 0.5) is 0 Å². The van der Waals surface area contributed by atoms with Crippen molar-refractivity contribution in [3.8, 4) is 17.6 Å². The van der Waals surface area contributed by atoms with Gasteiger partial charge in [-0.2, -0.15) is 10.3 Å². The van der Waals surface area contributed by atoms with Crippen molar-refractivity contribution in [3.63, 3.8) is 0 Å². The number of rotatable bonds is 4. The van der Waals surface area contributed by atoms with Gasteiger partial charge in [-0.25, -0.2) is 0 Å². The van der Waals surface area contributed by atoms with Gasteiger partial charge in [-0.05, 0) is 50.5 Å². The van der Waals surface area contributed by atoms with Gasteiger partial charge in [0.05, 0.1) is 18.9 Å². The Balaban J connectivity index is 2.52. The molecule has 1 amide bonds. The number of benzene rings is 1. The number of ether oxygens (including phenoxy) is 2. The molecule has 0 saturated heterocycles. The van der Waals surface area contributed by atoms with Crippen LogP contribution >= 0.6 is 23.1 Å². The predicted octanol–water partition coefficient (Wildman–Crippen LogP) is 3.61. The largest absolute Gasteiger partial charge is 0.496 e. The van der Waals surface area contributed by atoms with Gasteiger partial charge in [0.15, 0.2) is 17.0 Å². The molecule has 25 heavy (non-hydrogen) atoms. The van der Waals surface area contributed by atoms with E-state index in [0.29, 0.717) is 21.2 Å². The lowest BCUT2D eigenvalue weighted by atomic mass is 10.1. The summed E-state index contributed by atoms with van der Waals surface area (Å²) >= 11 is 7.25. The molecule has 1 aromatic heterocycles. The Bertz CT molecular complexity index is 888. The third-order valence-electron chi connectivity index (χ3n) is 3.18. The summed E-state index contributed by atoms with van der Waals surface area (Å²) in [6.07, 6.45) is 1.74. The summed E-state index contributed by atoms with van der Waals surface area (Å²) in [6, 6.07) is 6.67. The van der Waals surface area contributed by atoms with E-state index in [-0.39, 0.29) is 17.7 Å². The zero-order valence-corrected chi connectivity index (χ0v) is 15.9. The van der Waals surface area contributed by atoms with E-state index < -0.39 is 5.91 Å². The van der Waals surface area contributed by atoms with Gasteiger partial charge in [-0.1, -0.05) is 11.6 Å². The van der Waals surface area contributed by atoms with Gasteiger partial charge in [-0.15, -0.1) is 0 Å². The van der Waals surface area contributed by atoms with Crippen LogP contribution in [0.3, 0.4) is 0 Å². The molecule has 8 heteroatoms. The molecule has 0 unspecified atom stereocenters. The number of halogens is 1. The van der Waals surface area contributed by atoms with Gasteiger partial charge in [0.25, 0.3) is 5.91 Å². The second-order valence-electron chi connectivity index (χ2n) is 6.09. The van der Waals surface area contributed by atoms with E-state index in [1.54, 1.807) is 18.3 Å². The van der Waals surface area contributed by atoms with Crippen LogP contribution in [-0.4, -0.2) is 23.6 Å². The number of carbonyl (C=O) groups excluding carboxylic acids is 1. The van der Waals surface area contributed by atoms with Crippen LogP contribution in [0.1, 0.15) is 31.1 Å². The molecular formula is C17H18ClN3O3S. The first-order valence-electron chi connectivity index (χ1n) is 7.42. The van der Waals surface area contributed by atoms with Crippen molar-refractivity contribution in [2.24, 2.45) is 4.99 Å². The molecule has 0 bridgehead atoms. The summed E-state index contributed by atoms with van der Waals surface area (Å²) < 4.78 is 12.9. The first-order valence-corrected chi connectivity index (χ1v) is 8.57. The lowest BCUT2D eigenvalue weighted by molar-refractivity contribution is 0.0995. The van der Waals surface area contributed by atoms with Crippen molar-refractivity contribution in [2.45, 2.75) is 26.3 Å². The van der Waals surface area contributed by atoms with Crippen LogP contribution in [0.15, 0.2) is 29.4 Å². The maximum Gasteiger partial charge on any atom is 0.282 e. The second kappa shape index (κ2) is 7.72. The fourth-order valence-electron chi connectivity index (χ4n) is 1.94. The molecule has 0 saturated carbocycles. The van der Waals surface area contributed by atoms with E-state index in [9.17, 15) is 4.79 Å². The van der Waals surface area contributed by atoms with E-state index in [2.05, 4.69) is 4.99 Å². The Labute approximate surface area is 155 Å². The Morgan fingerprint density at radius 3 is 2.72 bits per heavy atom.